The number of carboxylic acids is 1. The van der Waals surface area contributed by atoms with Gasteiger partial charge in [-0.15, -0.1) is 0 Å². The molecule has 2 heterocycles. The number of nitrogens with zero attached hydrogens (tertiary/aromatic N) is 1. The zero-order chi connectivity index (χ0) is 11.8. The fourth-order valence-corrected chi connectivity index (χ4v) is 1.82. The van der Waals surface area contributed by atoms with E-state index < -0.39 is 5.97 Å². The van der Waals surface area contributed by atoms with Crippen molar-refractivity contribution in [3.8, 4) is 11.4 Å². The lowest BCUT2D eigenvalue weighted by molar-refractivity contribution is 0.0697. The van der Waals surface area contributed by atoms with Crippen LogP contribution in [0.5, 0.6) is 0 Å². The Morgan fingerprint density at radius 3 is 2.76 bits per heavy atom. The maximum Gasteiger partial charge on any atom is 0.335 e. The highest BCUT2D eigenvalue weighted by Gasteiger charge is 2.07. The number of hydrogen-bond donors (Lipinski definition) is 3. The number of aromatic nitrogens is 3. The van der Waals surface area contributed by atoms with Gasteiger partial charge < -0.3 is 10.1 Å². The fourth-order valence-electron chi connectivity index (χ4n) is 1.82. The van der Waals surface area contributed by atoms with Crippen molar-refractivity contribution in [3.63, 3.8) is 0 Å². The third-order valence-electron chi connectivity index (χ3n) is 2.66. The van der Waals surface area contributed by atoms with Crippen molar-refractivity contribution in [1.82, 2.24) is 15.2 Å². The molecule has 0 aliphatic carbocycles. The SMILES string of the molecule is O=C(O)c1ccc2[nH]c(-c3ccn[nH]3)cc2c1. The highest BCUT2D eigenvalue weighted by Crippen LogP contribution is 2.23. The number of carbonyl (C=O) groups is 1. The summed E-state index contributed by atoms with van der Waals surface area (Å²) in [6, 6.07) is 8.74. The normalized spacial score (nSPS) is 10.8. The summed E-state index contributed by atoms with van der Waals surface area (Å²) < 4.78 is 0. The highest BCUT2D eigenvalue weighted by atomic mass is 16.4. The molecule has 5 heteroatoms. The van der Waals surface area contributed by atoms with E-state index in [1.165, 1.54) is 0 Å². The molecule has 0 saturated heterocycles. The first-order valence-corrected chi connectivity index (χ1v) is 5.10. The average molecular weight is 227 g/mol. The Bertz CT molecular complexity index is 683. The molecule has 0 saturated carbocycles. The van der Waals surface area contributed by atoms with Gasteiger partial charge in [-0.2, -0.15) is 5.10 Å². The quantitative estimate of drug-likeness (QED) is 0.628. The lowest BCUT2D eigenvalue weighted by Crippen LogP contribution is -1.94. The van der Waals surface area contributed by atoms with E-state index in [1.54, 1.807) is 24.4 Å². The molecule has 0 unspecified atom stereocenters. The first-order chi connectivity index (χ1) is 8.24. The summed E-state index contributed by atoms with van der Waals surface area (Å²) in [5.41, 5.74) is 2.95. The van der Waals surface area contributed by atoms with Crippen molar-refractivity contribution in [2.45, 2.75) is 0 Å². The number of H-pyrrole nitrogens is 2. The molecule has 0 aliphatic rings. The van der Waals surface area contributed by atoms with Crippen LogP contribution in [-0.4, -0.2) is 26.3 Å². The first kappa shape index (κ1) is 9.65. The van der Waals surface area contributed by atoms with Gasteiger partial charge >= 0.3 is 5.97 Å². The summed E-state index contributed by atoms with van der Waals surface area (Å²) in [5, 5.41) is 16.5. The molecule has 0 bridgehead atoms. The van der Waals surface area contributed by atoms with Crippen LogP contribution < -0.4 is 0 Å². The lowest BCUT2D eigenvalue weighted by Gasteiger charge is -1.93. The molecule has 5 nitrogen and oxygen atoms in total. The van der Waals surface area contributed by atoms with Gasteiger partial charge in [-0.3, -0.25) is 5.10 Å². The van der Waals surface area contributed by atoms with Gasteiger partial charge in [0, 0.05) is 17.1 Å². The van der Waals surface area contributed by atoms with Crippen molar-refractivity contribution >= 4 is 16.9 Å². The summed E-state index contributed by atoms with van der Waals surface area (Å²) in [5.74, 6) is -0.920. The van der Waals surface area contributed by atoms with E-state index >= 15 is 0 Å². The monoisotopic (exact) mass is 227 g/mol. The Morgan fingerprint density at radius 1 is 1.18 bits per heavy atom. The van der Waals surface area contributed by atoms with Gasteiger partial charge in [-0.1, -0.05) is 0 Å². The predicted octanol–water partition coefficient (Wildman–Crippen LogP) is 2.26. The van der Waals surface area contributed by atoms with Crippen molar-refractivity contribution in [2.75, 3.05) is 0 Å². The Balaban J connectivity index is 2.16. The van der Waals surface area contributed by atoms with Crippen LogP contribution in [0.25, 0.3) is 22.3 Å². The molecule has 0 fully saturated rings. The number of aromatic carboxylic acids is 1. The van der Waals surface area contributed by atoms with Crippen molar-refractivity contribution in [3.05, 3.63) is 42.1 Å². The van der Waals surface area contributed by atoms with Crippen LogP contribution in [0.2, 0.25) is 0 Å². The van der Waals surface area contributed by atoms with Crippen LogP contribution >= 0.6 is 0 Å². The molecule has 0 aliphatic heterocycles. The summed E-state index contributed by atoms with van der Waals surface area (Å²) in [7, 11) is 0. The number of carboxylic acid groups (broad SMARTS) is 1. The van der Waals surface area contributed by atoms with E-state index in [9.17, 15) is 4.79 Å². The molecule has 0 spiro atoms. The zero-order valence-corrected chi connectivity index (χ0v) is 8.77. The number of fused-ring (bicyclic) bond motifs is 1. The molecule has 17 heavy (non-hydrogen) atoms. The Labute approximate surface area is 96.1 Å². The molecule has 0 amide bonds. The molecule has 3 aromatic rings. The molecule has 84 valence electrons. The molecular weight excluding hydrogens is 218 g/mol. The number of aromatic amines is 2. The van der Waals surface area contributed by atoms with E-state index in [0.29, 0.717) is 0 Å². The third kappa shape index (κ3) is 1.57. The van der Waals surface area contributed by atoms with Crippen LogP contribution in [0.3, 0.4) is 0 Å². The van der Waals surface area contributed by atoms with Crippen molar-refractivity contribution in [2.24, 2.45) is 0 Å². The standard InChI is InChI=1S/C12H9N3O2/c16-12(17)7-1-2-9-8(5-7)6-11(14-9)10-3-4-13-15-10/h1-6,14H,(H,13,15)(H,16,17). The second kappa shape index (κ2) is 3.48. The highest BCUT2D eigenvalue weighted by molar-refractivity contribution is 5.94. The number of rotatable bonds is 2. The zero-order valence-electron chi connectivity index (χ0n) is 8.77. The minimum atomic E-state index is -0.920. The third-order valence-corrected chi connectivity index (χ3v) is 2.66. The maximum atomic E-state index is 10.9. The van der Waals surface area contributed by atoms with Gasteiger partial charge in [0.15, 0.2) is 0 Å². The second-order valence-corrected chi connectivity index (χ2v) is 3.76. The van der Waals surface area contributed by atoms with Gasteiger partial charge in [0.1, 0.15) is 0 Å². The van der Waals surface area contributed by atoms with Gasteiger partial charge in [0.25, 0.3) is 0 Å². The Kier molecular flexibility index (Phi) is 1.98. The van der Waals surface area contributed by atoms with Crippen LogP contribution in [-0.2, 0) is 0 Å². The van der Waals surface area contributed by atoms with Gasteiger partial charge in [0.2, 0.25) is 0 Å². The van der Waals surface area contributed by atoms with Crippen LogP contribution in [0.15, 0.2) is 36.5 Å². The molecular formula is C12H9N3O2. The van der Waals surface area contributed by atoms with Gasteiger partial charge in [-0.05, 0) is 30.3 Å². The van der Waals surface area contributed by atoms with Crippen molar-refractivity contribution < 1.29 is 9.90 Å². The van der Waals surface area contributed by atoms with Gasteiger partial charge in [0.05, 0.1) is 17.0 Å². The minimum Gasteiger partial charge on any atom is -0.478 e. The minimum absolute atomic E-state index is 0.285. The molecule has 3 N–H and O–H groups in total. The maximum absolute atomic E-state index is 10.9. The summed E-state index contributed by atoms with van der Waals surface area (Å²) in [6.07, 6.45) is 1.67. The Morgan fingerprint density at radius 2 is 2.06 bits per heavy atom. The second-order valence-electron chi connectivity index (χ2n) is 3.76. The topological polar surface area (TPSA) is 81.8 Å². The largest absolute Gasteiger partial charge is 0.478 e. The predicted molar refractivity (Wildman–Crippen MR) is 62.8 cm³/mol. The van der Waals surface area contributed by atoms with Crippen LogP contribution in [0, 0.1) is 0 Å². The van der Waals surface area contributed by atoms with E-state index in [2.05, 4.69) is 15.2 Å². The fraction of sp³-hybridized carbons (Fsp3) is 0. The van der Waals surface area contributed by atoms with E-state index in [4.69, 9.17) is 5.11 Å². The summed E-state index contributed by atoms with van der Waals surface area (Å²) in [6.45, 7) is 0. The smallest absolute Gasteiger partial charge is 0.335 e. The molecule has 0 atom stereocenters. The molecule has 0 radical (unpaired) electrons. The van der Waals surface area contributed by atoms with Crippen LogP contribution in [0.1, 0.15) is 10.4 Å². The Hall–Kier alpha value is -2.56. The average Bonchev–Trinajstić information content (AvgIpc) is 2.96. The number of benzene rings is 1. The number of hydrogen-bond acceptors (Lipinski definition) is 2. The van der Waals surface area contributed by atoms with Crippen molar-refractivity contribution in [1.29, 1.82) is 0 Å². The van der Waals surface area contributed by atoms with E-state index in [-0.39, 0.29) is 5.56 Å². The molecule has 2 aromatic heterocycles. The molecule has 3 rings (SSSR count). The van der Waals surface area contributed by atoms with E-state index in [1.807, 2.05) is 12.1 Å². The molecule has 1 aromatic carbocycles. The number of nitrogens with one attached hydrogen (secondary N) is 2. The van der Waals surface area contributed by atoms with Gasteiger partial charge in [-0.25, -0.2) is 4.79 Å². The first-order valence-electron chi connectivity index (χ1n) is 5.10. The lowest BCUT2D eigenvalue weighted by atomic mass is 10.1. The summed E-state index contributed by atoms with van der Waals surface area (Å²) in [4.78, 5) is 14.1. The summed E-state index contributed by atoms with van der Waals surface area (Å²) >= 11 is 0. The van der Waals surface area contributed by atoms with Crippen LogP contribution in [0.4, 0.5) is 0 Å². The van der Waals surface area contributed by atoms with E-state index in [0.717, 1.165) is 22.3 Å².